The Morgan fingerprint density at radius 1 is 0.720 bits per heavy atom. The molecule has 0 aromatic heterocycles. The summed E-state index contributed by atoms with van der Waals surface area (Å²) in [5.41, 5.74) is 3.05. The number of ether oxygens (including phenoxy) is 2. The van der Waals surface area contributed by atoms with Crippen LogP contribution in [0.1, 0.15) is 26.3 Å². The molecule has 3 rings (SSSR count). The molecule has 0 aliphatic carbocycles. The maximum atomic E-state index is 12.5. The van der Waals surface area contributed by atoms with Crippen molar-refractivity contribution in [2.75, 3.05) is 14.2 Å². The SMILES string of the molecule is COC(=O)c1c(C)c(-c2ccccc2)c2ccccc2c1C(=O)OC. The summed E-state index contributed by atoms with van der Waals surface area (Å²) in [7, 11) is 2.61. The van der Waals surface area contributed by atoms with E-state index in [0.29, 0.717) is 10.9 Å². The Hall–Kier alpha value is -3.14. The normalized spacial score (nSPS) is 10.5. The first-order valence-electron chi connectivity index (χ1n) is 7.87. The van der Waals surface area contributed by atoms with Crippen LogP contribution in [-0.2, 0) is 9.47 Å². The minimum Gasteiger partial charge on any atom is -0.465 e. The molecule has 4 heteroatoms. The summed E-state index contributed by atoms with van der Waals surface area (Å²) in [5.74, 6) is -1.11. The van der Waals surface area contributed by atoms with E-state index in [1.807, 2.05) is 61.5 Å². The van der Waals surface area contributed by atoms with Crippen molar-refractivity contribution >= 4 is 22.7 Å². The van der Waals surface area contributed by atoms with Gasteiger partial charge in [0.15, 0.2) is 0 Å². The van der Waals surface area contributed by atoms with E-state index >= 15 is 0 Å². The van der Waals surface area contributed by atoms with Gasteiger partial charge in [0, 0.05) is 0 Å². The molecule has 0 aliphatic heterocycles. The van der Waals surface area contributed by atoms with Gasteiger partial charge in [-0.25, -0.2) is 9.59 Å². The third kappa shape index (κ3) is 2.76. The van der Waals surface area contributed by atoms with Crippen LogP contribution in [0.25, 0.3) is 21.9 Å². The Labute approximate surface area is 146 Å². The third-order valence-corrected chi connectivity index (χ3v) is 4.31. The molecule has 4 nitrogen and oxygen atoms in total. The molecule has 0 atom stereocenters. The van der Waals surface area contributed by atoms with Gasteiger partial charge >= 0.3 is 11.9 Å². The van der Waals surface area contributed by atoms with E-state index in [-0.39, 0.29) is 11.1 Å². The molecule has 0 spiro atoms. The Morgan fingerprint density at radius 2 is 1.24 bits per heavy atom. The van der Waals surface area contributed by atoms with Gasteiger partial charge in [-0.1, -0.05) is 54.6 Å². The quantitative estimate of drug-likeness (QED) is 0.667. The average molecular weight is 334 g/mol. The minimum atomic E-state index is -0.556. The average Bonchev–Trinajstić information content (AvgIpc) is 2.66. The smallest absolute Gasteiger partial charge is 0.339 e. The molecular formula is C21H18O4. The molecule has 3 aromatic rings. The number of benzene rings is 3. The molecule has 0 N–H and O–H groups in total. The van der Waals surface area contributed by atoms with E-state index in [1.165, 1.54) is 14.2 Å². The molecule has 0 amide bonds. The van der Waals surface area contributed by atoms with Gasteiger partial charge in [-0.05, 0) is 34.4 Å². The van der Waals surface area contributed by atoms with Crippen molar-refractivity contribution in [3.63, 3.8) is 0 Å². The van der Waals surface area contributed by atoms with Crippen LogP contribution in [0.4, 0.5) is 0 Å². The molecule has 0 bridgehead atoms. The van der Waals surface area contributed by atoms with Crippen LogP contribution in [-0.4, -0.2) is 26.2 Å². The predicted octanol–water partition coefficient (Wildman–Crippen LogP) is 4.39. The highest BCUT2D eigenvalue weighted by atomic mass is 16.5. The number of carbonyl (C=O) groups is 2. The number of hydrogen-bond acceptors (Lipinski definition) is 4. The largest absolute Gasteiger partial charge is 0.465 e. The lowest BCUT2D eigenvalue weighted by Gasteiger charge is -2.18. The summed E-state index contributed by atoms with van der Waals surface area (Å²) >= 11 is 0. The molecule has 126 valence electrons. The van der Waals surface area contributed by atoms with Crippen molar-refractivity contribution in [1.29, 1.82) is 0 Å². The molecule has 0 saturated carbocycles. The van der Waals surface area contributed by atoms with Crippen molar-refractivity contribution in [3.05, 3.63) is 71.3 Å². The number of methoxy groups -OCH3 is 2. The Bertz CT molecular complexity index is 959. The van der Waals surface area contributed by atoms with Gasteiger partial charge in [0.2, 0.25) is 0 Å². The van der Waals surface area contributed by atoms with Crippen molar-refractivity contribution in [1.82, 2.24) is 0 Å². The summed E-state index contributed by atoms with van der Waals surface area (Å²) in [5, 5.41) is 1.55. The number of carbonyl (C=O) groups excluding carboxylic acids is 2. The van der Waals surface area contributed by atoms with E-state index in [9.17, 15) is 9.59 Å². The van der Waals surface area contributed by atoms with Crippen LogP contribution < -0.4 is 0 Å². The van der Waals surface area contributed by atoms with Gasteiger partial charge in [0.05, 0.1) is 25.3 Å². The van der Waals surface area contributed by atoms with Crippen LogP contribution in [0.2, 0.25) is 0 Å². The fourth-order valence-electron chi connectivity index (χ4n) is 3.22. The molecule has 0 heterocycles. The van der Waals surface area contributed by atoms with Gasteiger partial charge in [-0.3, -0.25) is 0 Å². The molecule has 0 radical (unpaired) electrons. The maximum absolute atomic E-state index is 12.5. The van der Waals surface area contributed by atoms with Crippen LogP contribution in [0.5, 0.6) is 0 Å². The molecule has 0 aliphatic rings. The molecule has 3 aromatic carbocycles. The van der Waals surface area contributed by atoms with Crippen molar-refractivity contribution in [3.8, 4) is 11.1 Å². The zero-order chi connectivity index (χ0) is 18.0. The Morgan fingerprint density at radius 3 is 1.84 bits per heavy atom. The molecule has 25 heavy (non-hydrogen) atoms. The van der Waals surface area contributed by atoms with Crippen LogP contribution >= 0.6 is 0 Å². The van der Waals surface area contributed by atoms with E-state index in [4.69, 9.17) is 9.47 Å². The van der Waals surface area contributed by atoms with Crippen LogP contribution in [0, 0.1) is 6.92 Å². The van der Waals surface area contributed by atoms with Crippen molar-refractivity contribution < 1.29 is 19.1 Å². The van der Waals surface area contributed by atoms with E-state index in [0.717, 1.165) is 16.5 Å². The third-order valence-electron chi connectivity index (χ3n) is 4.31. The van der Waals surface area contributed by atoms with E-state index in [2.05, 4.69) is 0 Å². The first-order valence-corrected chi connectivity index (χ1v) is 7.87. The monoisotopic (exact) mass is 334 g/mol. The lowest BCUT2D eigenvalue weighted by Crippen LogP contribution is -2.15. The molecule has 0 fully saturated rings. The fraction of sp³-hybridized carbons (Fsp3) is 0.143. The lowest BCUT2D eigenvalue weighted by atomic mass is 9.86. The van der Waals surface area contributed by atoms with Crippen LogP contribution in [0.15, 0.2) is 54.6 Å². The summed E-state index contributed by atoms with van der Waals surface area (Å²) in [4.78, 5) is 24.9. The van der Waals surface area contributed by atoms with Crippen molar-refractivity contribution in [2.24, 2.45) is 0 Å². The Kier molecular flexibility index (Phi) is 4.52. The van der Waals surface area contributed by atoms with E-state index in [1.54, 1.807) is 0 Å². The standard InChI is InChI=1S/C21H18O4/c1-13-17(14-9-5-4-6-10-14)15-11-7-8-12-16(15)19(21(23)25-3)18(13)20(22)24-2/h4-12H,1-3H3. The predicted molar refractivity (Wildman–Crippen MR) is 96.8 cm³/mol. The van der Waals surface area contributed by atoms with E-state index < -0.39 is 11.9 Å². The Balaban J connectivity index is 2.52. The number of fused-ring (bicyclic) bond motifs is 1. The number of hydrogen-bond donors (Lipinski definition) is 0. The van der Waals surface area contributed by atoms with Gasteiger partial charge in [0.1, 0.15) is 0 Å². The highest BCUT2D eigenvalue weighted by molar-refractivity contribution is 6.17. The zero-order valence-corrected chi connectivity index (χ0v) is 14.3. The second-order valence-corrected chi connectivity index (χ2v) is 5.64. The lowest BCUT2D eigenvalue weighted by molar-refractivity contribution is 0.0556. The highest BCUT2D eigenvalue weighted by Gasteiger charge is 2.27. The van der Waals surface area contributed by atoms with Gasteiger partial charge in [-0.15, -0.1) is 0 Å². The summed E-state index contributed by atoms with van der Waals surface area (Å²) in [6.45, 7) is 1.83. The topological polar surface area (TPSA) is 52.6 Å². The number of rotatable bonds is 3. The van der Waals surface area contributed by atoms with Gasteiger partial charge in [0.25, 0.3) is 0 Å². The van der Waals surface area contributed by atoms with Crippen molar-refractivity contribution in [2.45, 2.75) is 6.92 Å². The first-order chi connectivity index (χ1) is 12.1. The second-order valence-electron chi connectivity index (χ2n) is 5.64. The summed E-state index contributed by atoms with van der Waals surface area (Å²) in [6, 6.07) is 17.3. The number of esters is 2. The summed E-state index contributed by atoms with van der Waals surface area (Å²) < 4.78 is 9.88. The minimum absolute atomic E-state index is 0.238. The van der Waals surface area contributed by atoms with Crippen LogP contribution in [0.3, 0.4) is 0 Å². The second kappa shape index (κ2) is 6.77. The highest BCUT2D eigenvalue weighted by Crippen LogP contribution is 2.37. The molecular weight excluding hydrogens is 316 g/mol. The first kappa shape index (κ1) is 16.7. The zero-order valence-electron chi connectivity index (χ0n) is 14.3. The maximum Gasteiger partial charge on any atom is 0.339 e. The van der Waals surface area contributed by atoms with Gasteiger partial charge < -0.3 is 9.47 Å². The molecule has 0 unspecified atom stereocenters. The fourth-order valence-corrected chi connectivity index (χ4v) is 3.22. The summed E-state index contributed by atoms with van der Waals surface area (Å²) in [6.07, 6.45) is 0. The van der Waals surface area contributed by atoms with Gasteiger partial charge in [-0.2, -0.15) is 0 Å². The molecule has 0 saturated heterocycles.